The van der Waals surface area contributed by atoms with Crippen molar-refractivity contribution in [3.63, 3.8) is 0 Å². The largest absolute Gasteiger partial charge is 0.505 e. The van der Waals surface area contributed by atoms with Gasteiger partial charge in [0.2, 0.25) is 0 Å². The SMILES string of the molecule is COc1ccc2nn(-c3cc(C(C)(C)C)cc(C=O)c3O)nc2c1. The normalized spacial score (nSPS) is 11.7. The van der Waals surface area contributed by atoms with Gasteiger partial charge in [-0.3, -0.25) is 4.79 Å². The maximum atomic E-state index is 11.3. The molecular weight excluding hydrogens is 306 g/mol. The van der Waals surface area contributed by atoms with Crippen LogP contribution in [0.5, 0.6) is 11.5 Å². The van der Waals surface area contributed by atoms with Gasteiger partial charge in [0.25, 0.3) is 0 Å². The van der Waals surface area contributed by atoms with Gasteiger partial charge in [0.05, 0.1) is 12.7 Å². The first kappa shape index (κ1) is 16.0. The molecule has 124 valence electrons. The molecule has 0 saturated carbocycles. The van der Waals surface area contributed by atoms with Crippen LogP contribution in [0.2, 0.25) is 0 Å². The van der Waals surface area contributed by atoms with Crippen LogP contribution in [-0.2, 0) is 5.41 Å². The number of aldehydes is 1. The average Bonchev–Trinajstić information content (AvgIpc) is 2.96. The Balaban J connectivity index is 2.23. The van der Waals surface area contributed by atoms with E-state index in [-0.39, 0.29) is 16.7 Å². The summed E-state index contributed by atoms with van der Waals surface area (Å²) in [6.45, 7) is 6.11. The van der Waals surface area contributed by atoms with Crippen LogP contribution in [0.15, 0.2) is 30.3 Å². The number of carbonyl (C=O) groups is 1. The van der Waals surface area contributed by atoms with E-state index in [0.717, 1.165) is 5.56 Å². The molecule has 0 unspecified atom stereocenters. The maximum Gasteiger partial charge on any atom is 0.153 e. The van der Waals surface area contributed by atoms with E-state index >= 15 is 0 Å². The highest BCUT2D eigenvalue weighted by Crippen LogP contribution is 2.32. The van der Waals surface area contributed by atoms with Gasteiger partial charge in [0.15, 0.2) is 12.0 Å². The van der Waals surface area contributed by atoms with E-state index < -0.39 is 0 Å². The van der Waals surface area contributed by atoms with E-state index in [1.165, 1.54) is 4.80 Å². The van der Waals surface area contributed by atoms with Crippen molar-refractivity contribution in [2.45, 2.75) is 26.2 Å². The fourth-order valence-corrected chi connectivity index (χ4v) is 2.45. The summed E-state index contributed by atoms with van der Waals surface area (Å²) in [7, 11) is 1.58. The number of hydrogen-bond donors (Lipinski definition) is 1. The molecule has 0 radical (unpaired) electrons. The molecule has 6 nitrogen and oxygen atoms in total. The molecule has 24 heavy (non-hydrogen) atoms. The summed E-state index contributed by atoms with van der Waals surface area (Å²) in [6, 6.07) is 8.85. The van der Waals surface area contributed by atoms with Crippen LogP contribution in [0, 0.1) is 0 Å². The summed E-state index contributed by atoms with van der Waals surface area (Å²) in [5.41, 5.74) is 2.63. The molecule has 0 aliphatic carbocycles. The molecule has 0 saturated heterocycles. The van der Waals surface area contributed by atoms with Gasteiger partial charge in [-0.05, 0) is 35.2 Å². The van der Waals surface area contributed by atoms with Gasteiger partial charge in [0, 0.05) is 6.07 Å². The van der Waals surface area contributed by atoms with Crippen molar-refractivity contribution in [3.05, 3.63) is 41.5 Å². The van der Waals surface area contributed by atoms with Gasteiger partial charge in [0.1, 0.15) is 22.5 Å². The Morgan fingerprint density at radius 1 is 1.12 bits per heavy atom. The van der Waals surface area contributed by atoms with Gasteiger partial charge in [-0.25, -0.2) is 0 Å². The van der Waals surface area contributed by atoms with Gasteiger partial charge >= 0.3 is 0 Å². The minimum absolute atomic E-state index is 0.134. The van der Waals surface area contributed by atoms with E-state index in [0.29, 0.717) is 28.8 Å². The fourth-order valence-electron chi connectivity index (χ4n) is 2.45. The van der Waals surface area contributed by atoms with Gasteiger partial charge < -0.3 is 9.84 Å². The standard InChI is InChI=1S/C18H19N3O3/c1-18(2,3)12-7-11(10-22)17(23)16(8-12)21-19-14-6-5-13(24-4)9-15(14)20-21/h5-10,23H,1-4H3. The molecule has 0 amide bonds. The number of carbonyl (C=O) groups excluding carboxylic acids is 1. The summed E-state index contributed by atoms with van der Waals surface area (Å²) >= 11 is 0. The summed E-state index contributed by atoms with van der Waals surface area (Å²) in [4.78, 5) is 12.7. The van der Waals surface area contributed by atoms with E-state index in [4.69, 9.17) is 4.74 Å². The minimum Gasteiger partial charge on any atom is -0.505 e. The summed E-state index contributed by atoms with van der Waals surface area (Å²) in [5, 5.41) is 19.2. The number of benzene rings is 2. The highest BCUT2D eigenvalue weighted by atomic mass is 16.5. The first-order chi connectivity index (χ1) is 11.3. The first-order valence-electron chi connectivity index (χ1n) is 7.57. The molecule has 3 aromatic rings. The Kier molecular flexibility index (Phi) is 3.75. The van der Waals surface area contributed by atoms with Crippen molar-refractivity contribution in [2.24, 2.45) is 0 Å². The third-order valence-corrected chi connectivity index (χ3v) is 3.92. The summed E-state index contributed by atoms with van der Waals surface area (Å²) < 4.78 is 5.19. The molecule has 0 fully saturated rings. The molecule has 0 bridgehead atoms. The Morgan fingerprint density at radius 3 is 2.46 bits per heavy atom. The number of phenolic OH excluding ortho intramolecular Hbond substituents is 1. The Labute approximate surface area is 139 Å². The van der Waals surface area contributed by atoms with Crippen LogP contribution in [0.1, 0.15) is 36.7 Å². The third-order valence-electron chi connectivity index (χ3n) is 3.92. The number of methoxy groups -OCH3 is 1. The number of ether oxygens (including phenoxy) is 1. The lowest BCUT2D eigenvalue weighted by molar-refractivity contribution is 0.112. The van der Waals surface area contributed by atoms with Crippen LogP contribution < -0.4 is 4.74 Å². The van der Waals surface area contributed by atoms with E-state index in [9.17, 15) is 9.90 Å². The van der Waals surface area contributed by atoms with Crippen molar-refractivity contribution < 1.29 is 14.6 Å². The molecule has 2 aromatic carbocycles. The van der Waals surface area contributed by atoms with E-state index in [1.807, 2.05) is 20.8 Å². The zero-order valence-corrected chi connectivity index (χ0v) is 14.1. The predicted molar refractivity (Wildman–Crippen MR) is 91.2 cm³/mol. The third kappa shape index (κ3) is 2.71. The fraction of sp³-hybridized carbons (Fsp3) is 0.278. The van der Waals surface area contributed by atoms with Gasteiger partial charge in [-0.1, -0.05) is 20.8 Å². The van der Waals surface area contributed by atoms with Crippen molar-refractivity contribution in [1.82, 2.24) is 15.0 Å². The first-order valence-corrected chi connectivity index (χ1v) is 7.57. The van der Waals surface area contributed by atoms with Crippen molar-refractivity contribution >= 4 is 17.3 Å². The molecule has 0 atom stereocenters. The zero-order chi connectivity index (χ0) is 17.5. The molecule has 1 N–H and O–H groups in total. The minimum atomic E-state index is -0.185. The second-order valence-electron chi connectivity index (χ2n) is 6.65. The molecule has 0 aliphatic rings. The Bertz CT molecular complexity index is 923. The van der Waals surface area contributed by atoms with Gasteiger partial charge in [-0.2, -0.15) is 0 Å². The Morgan fingerprint density at radius 2 is 1.83 bits per heavy atom. The molecule has 6 heteroatoms. The van der Waals surface area contributed by atoms with Crippen molar-refractivity contribution in [1.29, 1.82) is 0 Å². The molecule has 0 spiro atoms. The van der Waals surface area contributed by atoms with E-state index in [1.54, 1.807) is 37.4 Å². The average molecular weight is 325 g/mol. The number of rotatable bonds is 3. The number of aromatic hydroxyl groups is 1. The monoisotopic (exact) mass is 325 g/mol. The van der Waals surface area contributed by atoms with Crippen LogP contribution >= 0.6 is 0 Å². The quantitative estimate of drug-likeness (QED) is 0.748. The topological polar surface area (TPSA) is 77.2 Å². The molecular formula is C18H19N3O3. The Hall–Kier alpha value is -2.89. The zero-order valence-electron chi connectivity index (χ0n) is 14.1. The number of aromatic nitrogens is 3. The van der Waals surface area contributed by atoms with Crippen molar-refractivity contribution in [2.75, 3.05) is 7.11 Å². The van der Waals surface area contributed by atoms with Crippen LogP contribution in [0.25, 0.3) is 16.7 Å². The lowest BCUT2D eigenvalue weighted by atomic mass is 9.85. The van der Waals surface area contributed by atoms with E-state index in [2.05, 4.69) is 10.2 Å². The summed E-state index contributed by atoms with van der Waals surface area (Å²) in [6.07, 6.45) is 0.639. The van der Waals surface area contributed by atoms with Crippen LogP contribution in [0.4, 0.5) is 0 Å². The molecule has 1 heterocycles. The predicted octanol–water partition coefficient (Wildman–Crippen LogP) is 3.24. The summed E-state index contributed by atoms with van der Waals surface area (Å²) in [5.74, 6) is 0.543. The second kappa shape index (κ2) is 5.63. The van der Waals surface area contributed by atoms with Gasteiger partial charge in [-0.15, -0.1) is 15.0 Å². The smallest absolute Gasteiger partial charge is 0.153 e. The lowest BCUT2D eigenvalue weighted by Crippen LogP contribution is -2.13. The van der Waals surface area contributed by atoms with Crippen molar-refractivity contribution in [3.8, 4) is 17.2 Å². The van der Waals surface area contributed by atoms with Crippen LogP contribution in [0.3, 0.4) is 0 Å². The lowest BCUT2D eigenvalue weighted by Gasteiger charge is -2.21. The number of phenols is 1. The maximum absolute atomic E-state index is 11.3. The molecule has 3 rings (SSSR count). The van der Waals surface area contributed by atoms with Crippen LogP contribution in [-0.4, -0.2) is 33.5 Å². The highest BCUT2D eigenvalue weighted by Gasteiger charge is 2.20. The number of nitrogens with zero attached hydrogens (tertiary/aromatic N) is 3. The second-order valence-corrected chi connectivity index (χ2v) is 6.65. The highest BCUT2D eigenvalue weighted by molar-refractivity contribution is 5.83. The number of hydrogen-bond acceptors (Lipinski definition) is 5. The molecule has 1 aromatic heterocycles. The number of fused-ring (bicyclic) bond motifs is 1. The molecule has 0 aliphatic heterocycles.